The van der Waals surface area contributed by atoms with E-state index in [1.54, 1.807) is 16.9 Å². The number of aryl methyl sites for hydroxylation is 1. The van der Waals surface area contributed by atoms with Crippen LogP contribution in [0.5, 0.6) is 0 Å². The number of amides is 2. The molecule has 9 nitrogen and oxygen atoms in total. The van der Waals surface area contributed by atoms with Gasteiger partial charge < -0.3 is 10.6 Å². The van der Waals surface area contributed by atoms with Crippen molar-refractivity contribution in [2.24, 2.45) is 29.6 Å². The first kappa shape index (κ1) is 23.2. The fourth-order valence-corrected chi connectivity index (χ4v) is 6.27. The Morgan fingerprint density at radius 2 is 2.06 bits per heavy atom. The highest BCUT2D eigenvalue weighted by atomic mass is 16.2. The molecule has 4 heterocycles. The van der Waals surface area contributed by atoms with Crippen LogP contribution in [0.1, 0.15) is 73.9 Å². The fourth-order valence-electron chi connectivity index (χ4n) is 6.27. The van der Waals surface area contributed by atoms with Crippen LogP contribution in [0.4, 0.5) is 0 Å². The molecule has 2 saturated carbocycles. The molecule has 6 rings (SSSR count). The second-order valence-electron chi connectivity index (χ2n) is 11.0. The molecule has 0 spiro atoms. The van der Waals surface area contributed by atoms with Crippen LogP contribution in [0.25, 0.3) is 5.65 Å². The van der Waals surface area contributed by atoms with Crippen molar-refractivity contribution < 1.29 is 9.59 Å². The molecule has 0 aromatic carbocycles. The van der Waals surface area contributed by atoms with E-state index in [0.717, 1.165) is 55.7 Å². The van der Waals surface area contributed by atoms with Gasteiger partial charge >= 0.3 is 0 Å². The van der Waals surface area contributed by atoms with Crippen LogP contribution in [0.15, 0.2) is 30.6 Å². The summed E-state index contributed by atoms with van der Waals surface area (Å²) < 4.78 is 3.54. The Hall–Kier alpha value is -3.23. The molecule has 2 N–H and O–H groups in total. The zero-order chi connectivity index (χ0) is 24.8. The number of nitrogens with zero attached hydrogens (tertiary/aromatic N) is 5. The number of aromatic nitrogens is 5. The number of carbonyl (C=O) groups excluding carboxylic acids is 2. The molecule has 2 aliphatic carbocycles. The van der Waals surface area contributed by atoms with Gasteiger partial charge in [0.25, 0.3) is 5.91 Å². The Morgan fingerprint density at radius 3 is 2.86 bits per heavy atom. The summed E-state index contributed by atoms with van der Waals surface area (Å²) in [5, 5.41) is 15.4. The smallest absolute Gasteiger partial charge is 0.270 e. The van der Waals surface area contributed by atoms with E-state index in [4.69, 9.17) is 10.1 Å². The van der Waals surface area contributed by atoms with E-state index in [1.807, 2.05) is 29.8 Å². The third-order valence-electron chi connectivity index (χ3n) is 8.58. The number of hydrogen-bond donors (Lipinski definition) is 2. The van der Waals surface area contributed by atoms with Crippen LogP contribution in [0.2, 0.25) is 0 Å². The molecule has 3 aromatic heterocycles. The highest BCUT2D eigenvalue weighted by Crippen LogP contribution is 2.47. The van der Waals surface area contributed by atoms with E-state index in [9.17, 15) is 9.59 Å². The number of imidazole rings is 1. The summed E-state index contributed by atoms with van der Waals surface area (Å²) in [4.78, 5) is 30.6. The number of carbonyl (C=O) groups is 2. The lowest BCUT2D eigenvalue weighted by molar-refractivity contribution is -0.127. The van der Waals surface area contributed by atoms with Crippen LogP contribution in [-0.4, -0.2) is 42.7 Å². The molecule has 3 fully saturated rings. The van der Waals surface area contributed by atoms with Gasteiger partial charge in [0.15, 0.2) is 5.65 Å². The monoisotopic (exact) mass is 489 g/mol. The van der Waals surface area contributed by atoms with Crippen molar-refractivity contribution >= 4 is 17.5 Å². The lowest BCUT2D eigenvalue weighted by Crippen LogP contribution is -2.39. The molecular formula is C27H35N7O2. The minimum absolute atomic E-state index is 0.0105. The van der Waals surface area contributed by atoms with Gasteiger partial charge in [-0.3, -0.25) is 14.3 Å². The molecule has 3 unspecified atom stereocenters. The SMILES string of the molecule is CCn1nccc1C(=O)N[C@H](c1cn2nc(CC3C(=O)NCC4CC43)ccc2n1)[C@H]1CC[C@H](C)CC1. The zero-order valence-electron chi connectivity index (χ0n) is 21.1. The van der Waals surface area contributed by atoms with Gasteiger partial charge in [0.05, 0.1) is 23.6 Å². The largest absolute Gasteiger partial charge is 0.356 e. The van der Waals surface area contributed by atoms with Gasteiger partial charge in [0.2, 0.25) is 5.91 Å². The van der Waals surface area contributed by atoms with Gasteiger partial charge in [-0.15, -0.1) is 0 Å². The predicted molar refractivity (Wildman–Crippen MR) is 134 cm³/mol. The molecule has 3 aliphatic rings. The van der Waals surface area contributed by atoms with Gasteiger partial charge in [-0.2, -0.15) is 10.2 Å². The molecule has 1 saturated heterocycles. The number of rotatable bonds is 7. The standard InChI is InChI=1S/C27H35N7O2/c1-3-33-23(10-11-29-33)27(36)31-25(17-6-4-16(2)5-7-17)22-15-34-24(30-22)9-8-19(32-34)13-21-20-12-18(20)14-28-26(21)35/h8-11,15-18,20-21,25H,3-7,12-14H2,1-2H3,(H,28,35)(H,31,36)/t16-,17-,18?,20?,21?,25-/m0/s1. The Bertz CT molecular complexity index is 1270. The van der Waals surface area contributed by atoms with Gasteiger partial charge in [-0.05, 0) is 68.1 Å². The van der Waals surface area contributed by atoms with E-state index in [-0.39, 0.29) is 23.8 Å². The number of fused-ring (bicyclic) bond motifs is 2. The second kappa shape index (κ2) is 9.33. The van der Waals surface area contributed by atoms with Gasteiger partial charge in [0.1, 0.15) is 5.69 Å². The average molecular weight is 490 g/mol. The molecule has 4 atom stereocenters. The summed E-state index contributed by atoms with van der Waals surface area (Å²) in [7, 11) is 0. The Morgan fingerprint density at radius 1 is 1.22 bits per heavy atom. The van der Waals surface area contributed by atoms with E-state index in [2.05, 4.69) is 22.7 Å². The average Bonchev–Trinajstić information content (AvgIpc) is 3.31. The first-order chi connectivity index (χ1) is 17.5. The van der Waals surface area contributed by atoms with Crippen molar-refractivity contribution in [2.45, 2.75) is 65.0 Å². The maximum Gasteiger partial charge on any atom is 0.270 e. The Balaban J connectivity index is 1.26. The molecule has 3 aromatic rings. The zero-order valence-corrected chi connectivity index (χ0v) is 21.1. The second-order valence-corrected chi connectivity index (χ2v) is 11.0. The van der Waals surface area contributed by atoms with Gasteiger partial charge in [-0.25, -0.2) is 9.50 Å². The topological polar surface area (TPSA) is 106 Å². The van der Waals surface area contributed by atoms with Gasteiger partial charge in [0, 0.05) is 31.6 Å². The summed E-state index contributed by atoms with van der Waals surface area (Å²) >= 11 is 0. The molecule has 190 valence electrons. The normalized spacial score (nSPS) is 28.4. The summed E-state index contributed by atoms with van der Waals surface area (Å²) in [6, 6.07) is 5.54. The maximum atomic E-state index is 13.3. The summed E-state index contributed by atoms with van der Waals surface area (Å²) in [6.45, 7) is 5.75. The van der Waals surface area contributed by atoms with Crippen molar-refractivity contribution in [1.29, 1.82) is 0 Å². The predicted octanol–water partition coefficient (Wildman–Crippen LogP) is 3.17. The van der Waals surface area contributed by atoms with Crippen molar-refractivity contribution in [1.82, 2.24) is 35.0 Å². The van der Waals surface area contributed by atoms with Crippen LogP contribution >= 0.6 is 0 Å². The fraction of sp³-hybridized carbons (Fsp3) is 0.593. The molecule has 36 heavy (non-hydrogen) atoms. The van der Waals surface area contributed by atoms with Crippen molar-refractivity contribution in [3.63, 3.8) is 0 Å². The van der Waals surface area contributed by atoms with Gasteiger partial charge in [-0.1, -0.05) is 19.8 Å². The molecule has 0 radical (unpaired) electrons. The number of piperidine rings is 1. The lowest BCUT2D eigenvalue weighted by Gasteiger charge is -2.32. The molecule has 1 aliphatic heterocycles. The minimum Gasteiger partial charge on any atom is -0.356 e. The minimum atomic E-state index is -0.188. The molecule has 9 heteroatoms. The first-order valence-corrected chi connectivity index (χ1v) is 13.5. The van der Waals surface area contributed by atoms with E-state index in [0.29, 0.717) is 42.3 Å². The van der Waals surface area contributed by atoms with Crippen LogP contribution < -0.4 is 10.6 Å². The van der Waals surface area contributed by atoms with Crippen molar-refractivity contribution in [3.05, 3.63) is 47.7 Å². The van der Waals surface area contributed by atoms with Crippen LogP contribution in [-0.2, 0) is 17.8 Å². The first-order valence-electron chi connectivity index (χ1n) is 13.5. The van der Waals surface area contributed by atoms with E-state index >= 15 is 0 Å². The summed E-state index contributed by atoms with van der Waals surface area (Å²) in [5.41, 5.74) is 3.07. The molecule has 2 amide bonds. The summed E-state index contributed by atoms with van der Waals surface area (Å²) in [5.74, 6) is 2.23. The van der Waals surface area contributed by atoms with E-state index < -0.39 is 0 Å². The highest BCUT2D eigenvalue weighted by Gasteiger charge is 2.49. The summed E-state index contributed by atoms with van der Waals surface area (Å²) in [6.07, 6.45) is 9.85. The van der Waals surface area contributed by atoms with Crippen molar-refractivity contribution in [3.8, 4) is 0 Å². The van der Waals surface area contributed by atoms with Crippen LogP contribution in [0.3, 0.4) is 0 Å². The third-order valence-corrected chi connectivity index (χ3v) is 8.58. The highest BCUT2D eigenvalue weighted by molar-refractivity contribution is 5.92. The Kier molecular flexibility index (Phi) is 6.01. The quantitative estimate of drug-likeness (QED) is 0.530. The number of hydrogen-bond acceptors (Lipinski definition) is 5. The van der Waals surface area contributed by atoms with E-state index in [1.165, 1.54) is 0 Å². The van der Waals surface area contributed by atoms with Crippen LogP contribution in [0, 0.1) is 29.6 Å². The molecule has 0 bridgehead atoms. The van der Waals surface area contributed by atoms with Crippen molar-refractivity contribution in [2.75, 3.05) is 6.54 Å². The number of nitrogens with one attached hydrogen (secondary N) is 2. The third kappa shape index (κ3) is 4.40. The maximum absolute atomic E-state index is 13.3. The lowest BCUT2D eigenvalue weighted by atomic mass is 9.78. The Labute approximate surface area is 211 Å². The molecular weight excluding hydrogens is 454 g/mol.